The van der Waals surface area contributed by atoms with Crippen LogP contribution in [0.1, 0.15) is 27.3 Å². The van der Waals surface area contributed by atoms with Crippen LogP contribution in [0.25, 0.3) is 0 Å². The zero-order valence-corrected chi connectivity index (χ0v) is 9.92. The third-order valence-electron chi connectivity index (χ3n) is 3.17. The van der Waals surface area contributed by atoms with Gasteiger partial charge in [-0.15, -0.1) is 0 Å². The number of H-pyrrole nitrogens is 1. The van der Waals surface area contributed by atoms with Crippen molar-refractivity contribution >= 4 is 5.78 Å². The molecule has 1 N–H and O–H groups in total. The number of hydrogen-bond acceptors (Lipinski definition) is 3. The van der Waals surface area contributed by atoms with E-state index in [1.807, 2.05) is 20.8 Å². The molecule has 88 valence electrons. The maximum absolute atomic E-state index is 12.1. The second kappa shape index (κ2) is 4.39. The van der Waals surface area contributed by atoms with Gasteiger partial charge in [-0.05, 0) is 31.9 Å². The van der Waals surface area contributed by atoms with E-state index in [-0.39, 0.29) is 5.78 Å². The fraction of sp³-hybridized carbons (Fsp3) is 0.583. The van der Waals surface area contributed by atoms with Gasteiger partial charge in [0.15, 0.2) is 0 Å². The highest BCUT2D eigenvalue weighted by atomic mass is 16.6. The summed E-state index contributed by atoms with van der Waals surface area (Å²) >= 11 is 0. The summed E-state index contributed by atoms with van der Waals surface area (Å²) in [5, 5.41) is 0. The highest BCUT2D eigenvalue weighted by molar-refractivity contribution is 5.99. The number of Topliss-reactive ketones (excluding diaryl/α,β-unsaturated/α-hetero) is 1. The number of nitrogens with one attached hydrogen (secondary N) is 1. The Kier molecular flexibility index (Phi) is 3.12. The lowest BCUT2D eigenvalue weighted by Crippen LogP contribution is -2.35. The molecule has 1 atom stereocenters. The molecule has 0 bridgehead atoms. The van der Waals surface area contributed by atoms with E-state index < -0.39 is 6.10 Å². The Balaban J connectivity index is 2.22. The second-order valence-electron chi connectivity index (χ2n) is 4.17. The molecule has 16 heavy (non-hydrogen) atoms. The third-order valence-corrected chi connectivity index (χ3v) is 3.17. The molecule has 1 aliphatic heterocycles. The Morgan fingerprint density at radius 3 is 2.50 bits per heavy atom. The molecule has 1 aliphatic rings. The second-order valence-corrected chi connectivity index (χ2v) is 4.17. The van der Waals surface area contributed by atoms with E-state index >= 15 is 0 Å². The van der Waals surface area contributed by atoms with Crippen LogP contribution >= 0.6 is 0 Å². The van der Waals surface area contributed by atoms with E-state index in [0.29, 0.717) is 25.5 Å². The average Bonchev–Trinajstić information content (AvgIpc) is 2.57. The van der Waals surface area contributed by atoms with Crippen LogP contribution in [0.2, 0.25) is 0 Å². The van der Waals surface area contributed by atoms with Crippen molar-refractivity contribution in [3.8, 4) is 0 Å². The summed E-state index contributed by atoms with van der Waals surface area (Å²) < 4.78 is 10.6. The van der Waals surface area contributed by atoms with Crippen LogP contribution in [-0.2, 0) is 9.47 Å². The minimum atomic E-state index is -0.454. The van der Waals surface area contributed by atoms with Crippen LogP contribution in [0, 0.1) is 20.8 Å². The molecule has 4 nitrogen and oxygen atoms in total. The molecule has 0 amide bonds. The first kappa shape index (κ1) is 11.4. The zero-order chi connectivity index (χ0) is 11.7. The molecule has 1 unspecified atom stereocenters. The lowest BCUT2D eigenvalue weighted by Gasteiger charge is -2.21. The first-order chi connectivity index (χ1) is 7.61. The molecule has 0 saturated carbocycles. The van der Waals surface area contributed by atoms with Crippen LogP contribution in [0.5, 0.6) is 0 Å². The van der Waals surface area contributed by atoms with Crippen molar-refractivity contribution in [3.05, 3.63) is 22.5 Å². The highest BCUT2D eigenvalue weighted by Gasteiger charge is 2.27. The Morgan fingerprint density at radius 2 is 2.00 bits per heavy atom. The summed E-state index contributed by atoms with van der Waals surface area (Å²) in [7, 11) is 0. The van der Waals surface area contributed by atoms with Crippen molar-refractivity contribution in [1.29, 1.82) is 0 Å². The number of carbonyl (C=O) groups is 1. The summed E-state index contributed by atoms with van der Waals surface area (Å²) in [4.78, 5) is 15.3. The van der Waals surface area contributed by atoms with Crippen molar-refractivity contribution in [2.45, 2.75) is 26.9 Å². The van der Waals surface area contributed by atoms with Gasteiger partial charge < -0.3 is 14.5 Å². The molecule has 0 radical (unpaired) electrons. The number of rotatable bonds is 2. The van der Waals surface area contributed by atoms with Gasteiger partial charge in [0.05, 0.1) is 25.5 Å². The van der Waals surface area contributed by atoms with Gasteiger partial charge in [-0.1, -0.05) is 0 Å². The van der Waals surface area contributed by atoms with Crippen LogP contribution in [0.3, 0.4) is 0 Å². The molecule has 2 rings (SSSR count). The lowest BCUT2D eigenvalue weighted by molar-refractivity contribution is -0.0720. The largest absolute Gasteiger partial charge is 0.376 e. The summed E-state index contributed by atoms with van der Waals surface area (Å²) in [6, 6.07) is 0. The van der Waals surface area contributed by atoms with Gasteiger partial charge in [-0.2, -0.15) is 0 Å². The number of hydrogen-bond donors (Lipinski definition) is 1. The quantitative estimate of drug-likeness (QED) is 0.774. The first-order valence-corrected chi connectivity index (χ1v) is 5.50. The van der Waals surface area contributed by atoms with Crippen molar-refractivity contribution in [3.63, 3.8) is 0 Å². The van der Waals surface area contributed by atoms with Crippen LogP contribution in [0.4, 0.5) is 0 Å². The normalized spacial score (nSPS) is 21.1. The predicted molar refractivity (Wildman–Crippen MR) is 59.9 cm³/mol. The molecular formula is C12H17NO3. The van der Waals surface area contributed by atoms with Crippen molar-refractivity contribution < 1.29 is 14.3 Å². The minimum Gasteiger partial charge on any atom is -0.376 e. The summed E-state index contributed by atoms with van der Waals surface area (Å²) in [5.74, 6) is -0.00611. The fourth-order valence-electron chi connectivity index (χ4n) is 1.89. The number of ketones is 1. The van der Waals surface area contributed by atoms with Gasteiger partial charge in [-0.25, -0.2) is 0 Å². The van der Waals surface area contributed by atoms with Gasteiger partial charge in [0, 0.05) is 5.69 Å². The predicted octanol–water partition coefficient (Wildman–Crippen LogP) is 1.54. The SMILES string of the molecule is Cc1[nH]c(C(=O)C2COCCO2)c(C)c1C. The molecule has 0 aromatic carbocycles. The molecule has 4 heteroatoms. The molecule has 0 spiro atoms. The molecule has 2 heterocycles. The van der Waals surface area contributed by atoms with E-state index in [9.17, 15) is 4.79 Å². The van der Waals surface area contributed by atoms with Crippen LogP contribution in [0.15, 0.2) is 0 Å². The van der Waals surface area contributed by atoms with E-state index in [2.05, 4.69) is 4.98 Å². The molecule has 0 aliphatic carbocycles. The molecule has 1 aromatic heterocycles. The van der Waals surface area contributed by atoms with E-state index in [1.165, 1.54) is 0 Å². The van der Waals surface area contributed by atoms with Gasteiger partial charge in [0.1, 0.15) is 6.10 Å². The number of ether oxygens (including phenoxy) is 2. The van der Waals surface area contributed by atoms with Crippen molar-refractivity contribution in [2.24, 2.45) is 0 Å². The Morgan fingerprint density at radius 1 is 1.25 bits per heavy atom. The van der Waals surface area contributed by atoms with Crippen molar-refractivity contribution in [1.82, 2.24) is 4.98 Å². The molecule has 1 fully saturated rings. The monoisotopic (exact) mass is 223 g/mol. The van der Waals surface area contributed by atoms with Crippen LogP contribution < -0.4 is 0 Å². The first-order valence-electron chi connectivity index (χ1n) is 5.50. The van der Waals surface area contributed by atoms with E-state index in [1.54, 1.807) is 0 Å². The zero-order valence-electron chi connectivity index (χ0n) is 9.92. The number of carbonyl (C=O) groups excluding carboxylic acids is 1. The molecule has 1 aromatic rings. The molecular weight excluding hydrogens is 206 g/mol. The van der Waals surface area contributed by atoms with Crippen LogP contribution in [-0.4, -0.2) is 36.7 Å². The standard InChI is InChI=1S/C12H17NO3/c1-7-8(2)11(13-9(7)3)12(14)10-6-15-4-5-16-10/h10,13H,4-6H2,1-3H3. The number of aromatic nitrogens is 1. The number of aryl methyl sites for hydroxylation is 1. The third kappa shape index (κ3) is 1.90. The number of aromatic amines is 1. The minimum absolute atomic E-state index is 0.00611. The summed E-state index contributed by atoms with van der Waals surface area (Å²) in [6.45, 7) is 7.36. The maximum Gasteiger partial charge on any atom is 0.210 e. The van der Waals surface area contributed by atoms with Gasteiger partial charge in [0.2, 0.25) is 5.78 Å². The maximum atomic E-state index is 12.1. The Labute approximate surface area is 94.9 Å². The average molecular weight is 223 g/mol. The fourth-order valence-corrected chi connectivity index (χ4v) is 1.89. The van der Waals surface area contributed by atoms with E-state index in [4.69, 9.17) is 9.47 Å². The summed E-state index contributed by atoms with van der Waals surface area (Å²) in [6.07, 6.45) is -0.454. The van der Waals surface area contributed by atoms with Gasteiger partial charge in [-0.3, -0.25) is 4.79 Å². The van der Waals surface area contributed by atoms with Gasteiger partial charge in [0.25, 0.3) is 0 Å². The topological polar surface area (TPSA) is 51.3 Å². The van der Waals surface area contributed by atoms with Crippen molar-refractivity contribution in [2.75, 3.05) is 19.8 Å². The Bertz CT molecular complexity index is 403. The van der Waals surface area contributed by atoms with E-state index in [0.717, 1.165) is 16.8 Å². The lowest BCUT2D eigenvalue weighted by atomic mass is 10.1. The highest BCUT2D eigenvalue weighted by Crippen LogP contribution is 2.19. The molecule has 1 saturated heterocycles. The smallest absolute Gasteiger partial charge is 0.210 e. The Hall–Kier alpha value is -1.13. The summed E-state index contributed by atoms with van der Waals surface area (Å²) in [5.41, 5.74) is 3.85. The van der Waals surface area contributed by atoms with Gasteiger partial charge >= 0.3 is 0 Å².